The minimum atomic E-state index is -2.82. The lowest BCUT2D eigenvalue weighted by Crippen LogP contribution is -2.21. The molecule has 0 spiro atoms. The summed E-state index contributed by atoms with van der Waals surface area (Å²) in [5.74, 6) is -1.12. The van der Waals surface area contributed by atoms with Crippen LogP contribution < -0.4 is 5.32 Å². The molecule has 1 unspecified atom stereocenters. The van der Waals surface area contributed by atoms with Gasteiger partial charge in [-0.05, 0) is 19.1 Å². The van der Waals surface area contributed by atoms with Gasteiger partial charge < -0.3 is 5.32 Å². The van der Waals surface area contributed by atoms with Crippen molar-refractivity contribution < 1.29 is 18.5 Å². The number of nitro groups is 1. The third-order valence-electron chi connectivity index (χ3n) is 3.09. The molecule has 1 aromatic carbocycles. The van der Waals surface area contributed by atoms with E-state index in [1.165, 1.54) is 6.92 Å². The van der Waals surface area contributed by atoms with Crippen LogP contribution in [0.5, 0.6) is 0 Å². The van der Waals surface area contributed by atoms with Crippen LogP contribution in [0, 0.1) is 10.1 Å². The van der Waals surface area contributed by atoms with Gasteiger partial charge in [-0.3, -0.25) is 20.0 Å². The second kappa shape index (κ2) is 7.51. The van der Waals surface area contributed by atoms with E-state index in [2.05, 4.69) is 15.5 Å². The third-order valence-corrected chi connectivity index (χ3v) is 3.89. The smallest absolute Gasteiger partial charge is 0.302 e. The van der Waals surface area contributed by atoms with Gasteiger partial charge in [-0.2, -0.15) is 0 Å². The maximum absolute atomic E-state index is 12.8. The van der Waals surface area contributed by atoms with E-state index in [1.807, 2.05) is 0 Å². The van der Waals surface area contributed by atoms with Crippen molar-refractivity contribution in [2.24, 2.45) is 0 Å². The van der Waals surface area contributed by atoms with Crippen LogP contribution in [0.4, 0.5) is 20.3 Å². The quantitative estimate of drug-likeness (QED) is 0.418. The first kappa shape index (κ1) is 19.4. The molecule has 7 nitrogen and oxygen atoms in total. The number of hydrogen-bond donors (Lipinski definition) is 2. The number of rotatable bonds is 5. The molecule has 1 aromatic heterocycles. The predicted molar refractivity (Wildman–Crippen MR) is 89.6 cm³/mol. The molecule has 0 aliphatic rings. The molecular formula is C13H9Cl3F2N4O3. The number of anilines is 1. The summed E-state index contributed by atoms with van der Waals surface area (Å²) >= 11 is 17.5. The molecule has 25 heavy (non-hydrogen) atoms. The van der Waals surface area contributed by atoms with Crippen molar-refractivity contribution in [1.82, 2.24) is 10.2 Å². The highest BCUT2D eigenvalue weighted by molar-refractivity contribution is 6.39. The molecule has 0 saturated carbocycles. The van der Waals surface area contributed by atoms with Crippen LogP contribution in [-0.2, 0) is 4.79 Å². The van der Waals surface area contributed by atoms with Crippen LogP contribution >= 0.6 is 34.8 Å². The minimum Gasteiger partial charge on any atom is -0.302 e. The molecule has 0 aliphatic carbocycles. The normalized spacial score (nSPS) is 12.3. The van der Waals surface area contributed by atoms with Gasteiger partial charge in [0.05, 0.1) is 15.0 Å². The van der Waals surface area contributed by atoms with Gasteiger partial charge in [-0.25, -0.2) is 8.78 Å². The summed E-state index contributed by atoms with van der Waals surface area (Å²) in [6.07, 6.45) is -2.82. The maximum atomic E-state index is 12.8. The van der Waals surface area contributed by atoms with E-state index in [0.717, 1.165) is 12.1 Å². The van der Waals surface area contributed by atoms with Crippen molar-refractivity contribution in [1.29, 1.82) is 0 Å². The van der Waals surface area contributed by atoms with Crippen molar-refractivity contribution in [2.45, 2.75) is 18.7 Å². The van der Waals surface area contributed by atoms with E-state index in [-0.39, 0.29) is 21.3 Å². The number of nitrogens with zero attached hydrogens (tertiary/aromatic N) is 2. The highest BCUT2D eigenvalue weighted by atomic mass is 35.5. The number of amides is 1. The average molecular weight is 414 g/mol. The Balaban J connectivity index is 2.59. The van der Waals surface area contributed by atoms with E-state index in [9.17, 15) is 23.7 Å². The molecule has 0 bridgehead atoms. The lowest BCUT2D eigenvalue weighted by atomic mass is 10.1. The number of halogens is 5. The highest BCUT2D eigenvalue weighted by Gasteiger charge is 2.30. The summed E-state index contributed by atoms with van der Waals surface area (Å²) < 4.78 is 25.6. The Labute approximate surface area is 154 Å². The van der Waals surface area contributed by atoms with E-state index in [4.69, 9.17) is 34.8 Å². The summed E-state index contributed by atoms with van der Waals surface area (Å²) in [4.78, 5) is 22.2. The molecule has 0 saturated heterocycles. The zero-order valence-electron chi connectivity index (χ0n) is 12.3. The molecule has 0 radical (unpaired) electrons. The van der Waals surface area contributed by atoms with Crippen LogP contribution in [0.25, 0.3) is 11.3 Å². The fraction of sp³-hybridized carbons (Fsp3) is 0.231. The fourth-order valence-corrected chi connectivity index (χ4v) is 2.70. The van der Waals surface area contributed by atoms with Gasteiger partial charge in [0, 0.05) is 11.1 Å². The van der Waals surface area contributed by atoms with Gasteiger partial charge in [-0.1, -0.05) is 23.2 Å². The lowest BCUT2D eigenvalue weighted by Gasteiger charge is -2.08. The van der Waals surface area contributed by atoms with Gasteiger partial charge >= 0.3 is 5.69 Å². The van der Waals surface area contributed by atoms with Gasteiger partial charge in [0.1, 0.15) is 11.1 Å². The number of nitrogens with one attached hydrogen (secondary N) is 2. The first-order valence-electron chi connectivity index (χ1n) is 6.58. The molecular weight excluding hydrogens is 405 g/mol. The number of benzene rings is 1. The zero-order chi connectivity index (χ0) is 18.9. The Morgan fingerprint density at radius 1 is 1.36 bits per heavy atom. The number of carbonyl (C=O) groups excluding carboxylic acids is 1. The van der Waals surface area contributed by atoms with Gasteiger partial charge in [0.2, 0.25) is 11.7 Å². The number of carbonyl (C=O) groups is 1. The van der Waals surface area contributed by atoms with Crippen molar-refractivity contribution in [2.75, 3.05) is 5.32 Å². The Hall–Kier alpha value is -1.97. The second-order valence-electron chi connectivity index (χ2n) is 4.82. The lowest BCUT2D eigenvalue weighted by molar-refractivity contribution is -0.383. The molecule has 12 heteroatoms. The summed E-state index contributed by atoms with van der Waals surface area (Å²) in [5.41, 5.74) is -1.39. The van der Waals surface area contributed by atoms with Gasteiger partial charge in [0.15, 0.2) is 0 Å². The highest BCUT2D eigenvalue weighted by Crippen LogP contribution is 2.43. The molecule has 2 aromatic rings. The summed E-state index contributed by atoms with van der Waals surface area (Å²) in [5, 5.41) is 18.1. The standard InChI is InChI=1S/C13H9Cl3F2N4O3/c1-4(14)13(23)19-12-10(22(24)25)9(20-21-12)8-6(15)2-5(11(17)18)3-7(8)16/h2-4,11H,1H3,(H2,19,20,21,23). The number of aromatic amines is 1. The molecule has 1 heterocycles. The van der Waals surface area contributed by atoms with E-state index in [0.29, 0.717) is 0 Å². The van der Waals surface area contributed by atoms with E-state index < -0.39 is 39.7 Å². The third kappa shape index (κ3) is 4.00. The molecule has 2 rings (SSSR count). The first-order chi connectivity index (χ1) is 11.6. The Morgan fingerprint density at radius 2 is 1.92 bits per heavy atom. The molecule has 134 valence electrons. The van der Waals surface area contributed by atoms with Crippen LogP contribution in [0.1, 0.15) is 18.9 Å². The van der Waals surface area contributed by atoms with Gasteiger partial charge in [-0.15, -0.1) is 16.7 Å². The van der Waals surface area contributed by atoms with E-state index >= 15 is 0 Å². The number of hydrogen-bond acceptors (Lipinski definition) is 4. The van der Waals surface area contributed by atoms with Crippen molar-refractivity contribution in [3.05, 3.63) is 37.9 Å². The topological polar surface area (TPSA) is 101 Å². The monoisotopic (exact) mass is 412 g/mol. The van der Waals surface area contributed by atoms with Gasteiger partial charge in [0.25, 0.3) is 6.43 Å². The summed E-state index contributed by atoms with van der Waals surface area (Å²) in [6, 6.07) is 1.88. The number of alkyl halides is 3. The number of aromatic nitrogens is 2. The molecule has 2 N–H and O–H groups in total. The summed E-state index contributed by atoms with van der Waals surface area (Å²) in [7, 11) is 0. The van der Waals surface area contributed by atoms with Crippen LogP contribution in [-0.4, -0.2) is 26.4 Å². The Morgan fingerprint density at radius 3 is 2.36 bits per heavy atom. The predicted octanol–water partition coefficient (Wildman–Crippen LogP) is 4.80. The Bertz CT molecular complexity index is 819. The van der Waals surface area contributed by atoms with Crippen molar-refractivity contribution >= 4 is 52.2 Å². The SMILES string of the molecule is CC(Cl)C(=O)Nc1n[nH]c(-c2c(Cl)cc(C(F)F)cc2Cl)c1[N+](=O)[O-]. The minimum absolute atomic E-state index is 0.0913. The van der Waals surface area contributed by atoms with Crippen LogP contribution in [0.2, 0.25) is 10.0 Å². The molecule has 0 fully saturated rings. The van der Waals surface area contributed by atoms with Crippen LogP contribution in [0.3, 0.4) is 0 Å². The Kier molecular flexibility index (Phi) is 5.81. The van der Waals surface area contributed by atoms with Crippen molar-refractivity contribution in [3.63, 3.8) is 0 Å². The second-order valence-corrected chi connectivity index (χ2v) is 6.29. The summed E-state index contributed by atoms with van der Waals surface area (Å²) in [6.45, 7) is 1.37. The maximum Gasteiger partial charge on any atom is 0.338 e. The first-order valence-corrected chi connectivity index (χ1v) is 7.77. The van der Waals surface area contributed by atoms with Crippen molar-refractivity contribution in [3.8, 4) is 11.3 Å². The molecule has 1 atom stereocenters. The largest absolute Gasteiger partial charge is 0.338 e. The fourth-order valence-electron chi connectivity index (χ4n) is 1.95. The van der Waals surface area contributed by atoms with Crippen LogP contribution in [0.15, 0.2) is 12.1 Å². The number of H-pyrrole nitrogens is 1. The average Bonchev–Trinajstić information content (AvgIpc) is 2.89. The zero-order valence-corrected chi connectivity index (χ0v) is 14.6. The van der Waals surface area contributed by atoms with E-state index in [1.54, 1.807) is 0 Å². The molecule has 0 aliphatic heterocycles. The molecule has 1 amide bonds.